The van der Waals surface area contributed by atoms with E-state index in [0.29, 0.717) is 32.5 Å². The fourth-order valence-electron chi connectivity index (χ4n) is 2.53. The molecule has 1 aliphatic rings. The average molecular weight is 348 g/mol. The molecule has 5 nitrogen and oxygen atoms in total. The van der Waals surface area contributed by atoms with Crippen LogP contribution in [0.3, 0.4) is 0 Å². The van der Waals surface area contributed by atoms with Crippen LogP contribution in [0.25, 0.3) is 0 Å². The summed E-state index contributed by atoms with van der Waals surface area (Å²) in [5.74, 6) is -2.87. The first-order valence-electron chi connectivity index (χ1n) is 7.25. The monoisotopic (exact) mass is 347 g/mol. The highest BCUT2D eigenvalue weighted by molar-refractivity contribution is 5.94. The second kappa shape index (κ2) is 8.79. The van der Waals surface area contributed by atoms with Gasteiger partial charge < -0.3 is 16.0 Å². The number of nitrogens with zero attached hydrogens (tertiary/aromatic N) is 1. The molecule has 1 atom stereocenters. The number of benzene rings is 1. The maximum Gasteiger partial charge on any atom is 0.253 e. The number of nitrogens with one attached hydrogen (secondary N) is 1. The van der Waals surface area contributed by atoms with Crippen molar-refractivity contribution in [1.82, 2.24) is 10.2 Å². The molecule has 1 heterocycles. The molecule has 0 spiro atoms. The summed E-state index contributed by atoms with van der Waals surface area (Å²) in [5.41, 5.74) is 5.42. The summed E-state index contributed by atoms with van der Waals surface area (Å²) in [6.07, 6.45) is 1.38. The summed E-state index contributed by atoms with van der Waals surface area (Å²) in [4.78, 5) is 25.8. The van der Waals surface area contributed by atoms with Crippen molar-refractivity contribution in [3.63, 3.8) is 0 Å². The zero-order valence-corrected chi connectivity index (χ0v) is 13.4. The van der Waals surface area contributed by atoms with Gasteiger partial charge in [0, 0.05) is 31.7 Å². The topological polar surface area (TPSA) is 75.4 Å². The van der Waals surface area contributed by atoms with Gasteiger partial charge in [0.15, 0.2) is 11.6 Å². The Kier molecular flexibility index (Phi) is 7.38. The Morgan fingerprint density at radius 1 is 1.30 bits per heavy atom. The molecular weight excluding hydrogens is 328 g/mol. The number of carbonyl (C=O) groups is 2. The molecule has 2 amide bonds. The first kappa shape index (κ1) is 19.3. The normalized spacial score (nSPS) is 17.3. The molecule has 2 rings (SSSR count). The first-order chi connectivity index (χ1) is 10.5. The van der Waals surface area contributed by atoms with Crippen LogP contribution in [0.15, 0.2) is 18.2 Å². The molecule has 0 saturated carbocycles. The molecule has 128 valence electrons. The van der Waals surface area contributed by atoms with Crippen LogP contribution in [0.5, 0.6) is 0 Å². The van der Waals surface area contributed by atoms with E-state index in [2.05, 4.69) is 5.32 Å². The smallest absolute Gasteiger partial charge is 0.253 e. The summed E-state index contributed by atoms with van der Waals surface area (Å²) in [7, 11) is 0. The molecule has 1 aromatic rings. The van der Waals surface area contributed by atoms with Gasteiger partial charge in [-0.1, -0.05) is 0 Å². The second-order valence-electron chi connectivity index (χ2n) is 5.30. The second-order valence-corrected chi connectivity index (χ2v) is 5.30. The van der Waals surface area contributed by atoms with E-state index in [0.717, 1.165) is 12.1 Å². The Hall–Kier alpha value is -1.73. The highest BCUT2D eigenvalue weighted by Gasteiger charge is 2.29. The first-order valence-corrected chi connectivity index (χ1v) is 7.25. The van der Waals surface area contributed by atoms with E-state index >= 15 is 0 Å². The van der Waals surface area contributed by atoms with Crippen LogP contribution in [0, 0.1) is 17.6 Å². The Morgan fingerprint density at radius 2 is 2.04 bits per heavy atom. The highest BCUT2D eigenvalue weighted by Crippen LogP contribution is 2.19. The van der Waals surface area contributed by atoms with Gasteiger partial charge in [-0.15, -0.1) is 12.4 Å². The minimum absolute atomic E-state index is 0. The number of halogens is 3. The molecule has 0 bridgehead atoms. The molecule has 0 aromatic heterocycles. The van der Waals surface area contributed by atoms with Crippen LogP contribution in [-0.2, 0) is 4.79 Å². The maximum atomic E-state index is 13.2. The number of piperidine rings is 1. The van der Waals surface area contributed by atoms with E-state index in [1.54, 1.807) is 0 Å². The van der Waals surface area contributed by atoms with Gasteiger partial charge in [-0.2, -0.15) is 0 Å². The summed E-state index contributed by atoms with van der Waals surface area (Å²) >= 11 is 0. The van der Waals surface area contributed by atoms with Crippen LogP contribution < -0.4 is 11.1 Å². The lowest BCUT2D eigenvalue weighted by Crippen LogP contribution is -2.46. The molecule has 3 N–H and O–H groups in total. The number of hydrogen-bond donors (Lipinski definition) is 2. The minimum Gasteiger partial charge on any atom is -0.355 e. The molecule has 1 fully saturated rings. The average Bonchev–Trinajstić information content (AvgIpc) is 2.54. The minimum atomic E-state index is -1.06. The quantitative estimate of drug-likeness (QED) is 0.862. The van der Waals surface area contributed by atoms with Gasteiger partial charge in [0.1, 0.15) is 0 Å². The number of hydrogen-bond acceptors (Lipinski definition) is 3. The van der Waals surface area contributed by atoms with Crippen molar-refractivity contribution in [3.05, 3.63) is 35.4 Å². The Morgan fingerprint density at radius 3 is 2.70 bits per heavy atom. The van der Waals surface area contributed by atoms with Gasteiger partial charge in [-0.25, -0.2) is 8.78 Å². The van der Waals surface area contributed by atoms with E-state index in [9.17, 15) is 18.4 Å². The van der Waals surface area contributed by atoms with Crippen molar-refractivity contribution in [2.24, 2.45) is 11.7 Å². The lowest BCUT2D eigenvalue weighted by atomic mass is 9.96. The summed E-state index contributed by atoms with van der Waals surface area (Å²) in [6, 6.07) is 3.06. The van der Waals surface area contributed by atoms with Crippen molar-refractivity contribution in [2.45, 2.75) is 12.8 Å². The van der Waals surface area contributed by atoms with E-state index < -0.39 is 17.5 Å². The SMILES string of the molecule is Cl.NCCNC(=O)C1CCCN(C(=O)c2ccc(F)c(F)c2)C1. The van der Waals surface area contributed by atoms with Crippen molar-refractivity contribution < 1.29 is 18.4 Å². The van der Waals surface area contributed by atoms with Crippen LogP contribution >= 0.6 is 12.4 Å². The molecule has 0 radical (unpaired) electrons. The lowest BCUT2D eigenvalue weighted by molar-refractivity contribution is -0.126. The molecule has 1 aromatic carbocycles. The van der Waals surface area contributed by atoms with Gasteiger partial charge in [-0.3, -0.25) is 9.59 Å². The fraction of sp³-hybridized carbons (Fsp3) is 0.467. The summed E-state index contributed by atoms with van der Waals surface area (Å²) in [5, 5.41) is 2.71. The van der Waals surface area contributed by atoms with Gasteiger partial charge in [0.2, 0.25) is 5.91 Å². The zero-order chi connectivity index (χ0) is 16.1. The van der Waals surface area contributed by atoms with Crippen molar-refractivity contribution in [3.8, 4) is 0 Å². The van der Waals surface area contributed by atoms with E-state index in [4.69, 9.17) is 5.73 Å². The predicted molar refractivity (Wildman–Crippen MR) is 84.3 cm³/mol. The molecule has 1 saturated heterocycles. The van der Waals surface area contributed by atoms with Gasteiger partial charge in [-0.05, 0) is 31.0 Å². The van der Waals surface area contributed by atoms with Gasteiger partial charge in [0.25, 0.3) is 5.91 Å². The summed E-state index contributed by atoms with van der Waals surface area (Å²) < 4.78 is 26.2. The van der Waals surface area contributed by atoms with Crippen molar-refractivity contribution >= 4 is 24.2 Å². The van der Waals surface area contributed by atoms with Gasteiger partial charge >= 0.3 is 0 Å². The highest BCUT2D eigenvalue weighted by atomic mass is 35.5. The van der Waals surface area contributed by atoms with E-state index in [1.807, 2.05) is 0 Å². The Balaban J connectivity index is 0.00000264. The molecule has 1 aliphatic heterocycles. The number of rotatable bonds is 4. The standard InChI is InChI=1S/C15H19F2N3O2.ClH/c16-12-4-3-10(8-13(12)17)15(22)20-7-1-2-11(9-20)14(21)19-6-5-18;/h3-4,8,11H,1-2,5-7,9,18H2,(H,19,21);1H. The van der Waals surface area contributed by atoms with E-state index in [-0.39, 0.29) is 36.3 Å². The third-order valence-corrected chi connectivity index (χ3v) is 3.69. The van der Waals surface area contributed by atoms with E-state index in [1.165, 1.54) is 11.0 Å². The van der Waals surface area contributed by atoms with Crippen LogP contribution in [0.1, 0.15) is 23.2 Å². The predicted octanol–water partition coefficient (Wildman–Crippen LogP) is 1.31. The third-order valence-electron chi connectivity index (χ3n) is 3.69. The van der Waals surface area contributed by atoms with Crippen molar-refractivity contribution in [2.75, 3.05) is 26.2 Å². The van der Waals surface area contributed by atoms with Gasteiger partial charge in [0.05, 0.1) is 5.92 Å². The molecular formula is C15H20ClF2N3O2. The number of nitrogens with two attached hydrogens (primary N) is 1. The molecule has 1 unspecified atom stereocenters. The molecule has 23 heavy (non-hydrogen) atoms. The van der Waals surface area contributed by atoms with Crippen LogP contribution in [0.4, 0.5) is 8.78 Å². The van der Waals surface area contributed by atoms with Crippen LogP contribution in [0.2, 0.25) is 0 Å². The van der Waals surface area contributed by atoms with Crippen molar-refractivity contribution in [1.29, 1.82) is 0 Å². The number of carbonyl (C=O) groups excluding carboxylic acids is 2. The summed E-state index contributed by atoms with van der Waals surface area (Å²) in [6.45, 7) is 1.52. The van der Waals surface area contributed by atoms with Crippen LogP contribution in [-0.4, -0.2) is 42.9 Å². The number of amides is 2. The molecule has 0 aliphatic carbocycles. The maximum absolute atomic E-state index is 13.2. The largest absolute Gasteiger partial charge is 0.355 e. The molecule has 8 heteroatoms. The number of likely N-dealkylation sites (tertiary alicyclic amines) is 1. The Labute approximate surface area is 139 Å². The third kappa shape index (κ3) is 4.87. The fourth-order valence-corrected chi connectivity index (χ4v) is 2.53. The lowest BCUT2D eigenvalue weighted by Gasteiger charge is -2.32. The zero-order valence-electron chi connectivity index (χ0n) is 12.6. The Bertz CT molecular complexity index is 572.